The predicted molar refractivity (Wildman–Crippen MR) is 89.9 cm³/mol. The number of aryl methyl sites for hydroxylation is 1. The summed E-state index contributed by atoms with van der Waals surface area (Å²) in [5.74, 6) is 0.166. The fraction of sp³-hybridized carbons (Fsp3) is 0.500. The number of thiocarbonyl (C=S) groups is 1. The van der Waals surface area contributed by atoms with Crippen LogP contribution >= 0.6 is 12.2 Å². The number of hydrogen-bond acceptors (Lipinski definition) is 2. The number of nitrogens with one attached hydrogen (secondary N) is 3. The quantitative estimate of drug-likeness (QED) is 0.593. The summed E-state index contributed by atoms with van der Waals surface area (Å²) >= 11 is 5.23. The summed E-state index contributed by atoms with van der Waals surface area (Å²) in [6.45, 7) is 2.10. The van der Waals surface area contributed by atoms with E-state index < -0.39 is 0 Å². The van der Waals surface area contributed by atoms with Gasteiger partial charge in [0.25, 0.3) is 0 Å². The van der Waals surface area contributed by atoms with Gasteiger partial charge in [-0.3, -0.25) is 15.6 Å². The van der Waals surface area contributed by atoms with Gasteiger partial charge in [0.15, 0.2) is 5.11 Å². The zero-order chi connectivity index (χ0) is 15.1. The molecule has 0 heterocycles. The van der Waals surface area contributed by atoms with E-state index in [1.807, 2.05) is 18.2 Å². The van der Waals surface area contributed by atoms with Crippen molar-refractivity contribution in [2.75, 3.05) is 5.32 Å². The molecule has 0 bridgehead atoms. The molecule has 1 fully saturated rings. The summed E-state index contributed by atoms with van der Waals surface area (Å²) in [6.07, 6.45) is 6.42. The van der Waals surface area contributed by atoms with Crippen LogP contribution in [0.25, 0.3) is 0 Å². The molecule has 1 aliphatic carbocycles. The zero-order valence-electron chi connectivity index (χ0n) is 12.4. The Morgan fingerprint density at radius 1 is 1.19 bits per heavy atom. The Morgan fingerprint density at radius 2 is 1.90 bits per heavy atom. The summed E-state index contributed by atoms with van der Waals surface area (Å²) in [5, 5.41) is 3.54. The third-order valence-electron chi connectivity index (χ3n) is 3.92. The average molecular weight is 305 g/mol. The number of amides is 1. The molecule has 21 heavy (non-hydrogen) atoms. The fourth-order valence-electron chi connectivity index (χ4n) is 2.69. The largest absolute Gasteiger partial charge is 0.331 e. The number of hydrogen-bond donors (Lipinski definition) is 3. The van der Waals surface area contributed by atoms with E-state index in [1.54, 1.807) is 0 Å². The Labute approximate surface area is 131 Å². The van der Waals surface area contributed by atoms with Gasteiger partial charge in [-0.15, -0.1) is 0 Å². The number of para-hydroxylation sites is 1. The maximum Gasteiger partial charge on any atom is 0.241 e. The number of hydrazine groups is 1. The van der Waals surface area contributed by atoms with Gasteiger partial charge in [-0.25, -0.2) is 0 Å². The van der Waals surface area contributed by atoms with Crippen molar-refractivity contribution >= 4 is 28.9 Å². The molecule has 1 aliphatic rings. The normalized spacial score (nSPS) is 15.3. The molecule has 5 heteroatoms. The maximum absolute atomic E-state index is 12.0. The number of benzene rings is 1. The first-order valence-corrected chi connectivity index (χ1v) is 8.06. The topological polar surface area (TPSA) is 53.2 Å². The van der Waals surface area contributed by atoms with Crippen molar-refractivity contribution in [3.8, 4) is 0 Å². The second-order valence-electron chi connectivity index (χ2n) is 5.41. The number of anilines is 1. The molecule has 1 saturated carbocycles. The van der Waals surface area contributed by atoms with Gasteiger partial charge in [0.1, 0.15) is 0 Å². The minimum Gasteiger partial charge on any atom is -0.331 e. The van der Waals surface area contributed by atoms with Gasteiger partial charge in [0.05, 0.1) is 0 Å². The van der Waals surface area contributed by atoms with Gasteiger partial charge < -0.3 is 5.32 Å². The van der Waals surface area contributed by atoms with Crippen LogP contribution in [-0.4, -0.2) is 11.0 Å². The molecule has 0 aromatic heterocycles. The van der Waals surface area contributed by atoms with Gasteiger partial charge in [-0.2, -0.15) is 0 Å². The van der Waals surface area contributed by atoms with Crippen molar-refractivity contribution in [3.05, 3.63) is 29.8 Å². The van der Waals surface area contributed by atoms with E-state index in [9.17, 15) is 4.79 Å². The summed E-state index contributed by atoms with van der Waals surface area (Å²) in [5.41, 5.74) is 7.69. The van der Waals surface area contributed by atoms with Crippen LogP contribution in [0, 0.1) is 5.92 Å². The summed E-state index contributed by atoms with van der Waals surface area (Å²) < 4.78 is 0. The summed E-state index contributed by atoms with van der Waals surface area (Å²) in [7, 11) is 0. The van der Waals surface area contributed by atoms with Gasteiger partial charge in [-0.1, -0.05) is 44.4 Å². The highest BCUT2D eigenvalue weighted by molar-refractivity contribution is 7.80. The molecule has 0 unspecified atom stereocenters. The van der Waals surface area contributed by atoms with Gasteiger partial charge >= 0.3 is 0 Å². The minimum atomic E-state index is 0.0441. The lowest BCUT2D eigenvalue weighted by Crippen LogP contribution is -2.46. The van der Waals surface area contributed by atoms with E-state index in [2.05, 4.69) is 29.2 Å². The number of carbonyl (C=O) groups excluding carboxylic acids is 1. The molecule has 4 nitrogen and oxygen atoms in total. The Hall–Kier alpha value is -1.62. The standard InChI is InChI=1S/C16H23N3OS/c1-2-12-8-6-7-11-14(12)17-16(21)19-18-15(20)13-9-4-3-5-10-13/h6-8,11,13H,2-5,9-10H2,1H3,(H,18,20)(H2,17,19,21). The monoisotopic (exact) mass is 305 g/mol. The van der Waals surface area contributed by atoms with E-state index in [0.717, 1.165) is 37.8 Å². The number of carbonyl (C=O) groups is 1. The average Bonchev–Trinajstić information content (AvgIpc) is 2.54. The van der Waals surface area contributed by atoms with Crippen LogP contribution in [0.2, 0.25) is 0 Å². The lowest BCUT2D eigenvalue weighted by molar-refractivity contribution is -0.126. The molecule has 114 valence electrons. The van der Waals surface area contributed by atoms with Crippen molar-refractivity contribution in [1.29, 1.82) is 0 Å². The SMILES string of the molecule is CCc1ccccc1NC(=S)NNC(=O)C1CCCCC1. The highest BCUT2D eigenvalue weighted by atomic mass is 32.1. The van der Waals surface area contributed by atoms with Gasteiger partial charge in [-0.05, 0) is 43.1 Å². The molecule has 0 atom stereocenters. The molecule has 0 saturated heterocycles. The molecule has 1 amide bonds. The third kappa shape index (κ3) is 4.70. The van der Waals surface area contributed by atoms with E-state index in [1.165, 1.54) is 12.0 Å². The molecule has 0 spiro atoms. The third-order valence-corrected chi connectivity index (χ3v) is 4.13. The van der Waals surface area contributed by atoms with Crippen LogP contribution in [-0.2, 0) is 11.2 Å². The molecule has 2 rings (SSSR count). The zero-order valence-corrected chi connectivity index (χ0v) is 13.3. The van der Waals surface area contributed by atoms with Crippen molar-refractivity contribution in [2.24, 2.45) is 5.92 Å². The second-order valence-corrected chi connectivity index (χ2v) is 5.82. The van der Waals surface area contributed by atoms with E-state index >= 15 is 0 Å². The van der Waals surface area contributed by atoms with Crippen LogP contribution in [0.4, 0.5) is 5.69 Å². The summed E-state index contributed by atoms with van der Waals surface area (Å²) in [4.78, 5) is 12.0. The molecular formula is C16H23N3OS. The van der Waals surface area contributed by atoms with Crippen LogP contribution in [0.15, 0.2) is 24.3 Å². The molecule has 1 aromatic carbocycles. The first kappa shape index (κ1) is 15.8. The van der Waals surface area contributed by atoms with E-state index in [0.29, 0.717) is 5.11 Å². The van der Waals surface area contributed by atoms with Crippen LogP contribution in [0.5, 0.6) is 0 Å². The fourth-order valence-corrected chi connectivity index (χ4v) is 2.85. The first-order valence-electron chi connectivity index (χ1n) is 7.65. The Balaban J connectivity index is 1.80. The molecular weight excluding hydrogens is 282 g/mol. The lowest BCUT2D eigenvalue weighted by atomic mass is 9.89. The van der Waals surface area contributed by atoms with Gasteiger partial charge in [0.2, 0.25) is 5.91 Å². The van der Waals surface area contributed by atoms with Crippen LogP contribution in [0.1, 0.15) is 44.6 Å². The highest BCUT2D eigenvalue weighted by Gasteiger charge is 2.20. The Kier molecular flexibility index (Phi) is 5.99. The molecule has 0 radical (unpaired) electrons. The van der Waals surface area contributed by atoms with Crippen molar-refractivity contribution in [2.45, 2.75) is 45.4 Å². The van der Waals surface area contributed by atoms with E-state index in [-0.39, 0.29) is 11.8 Å². The first-order chi connectivity index (χ1) is 10.2. The molecule has 3 N–H and O–H groups in total. The minimum absolute atomic E-state index is 0.0441. The van der Waals surface area contributed by atoms with E-state index in [4.69, 9.17) is 12.2 Å². The smallest absolute Gasteiger partial charge is 0.241 e. The van der Waals surface area contributed by atoms with Gasteiger partial charge in [0, 0.05) is 11.6 Å². The highest BCUT2D eigenvalue weighted by Crippen LogP contribution is 2.23. The number of rotatable bonds is 3. The molecule has 0 aliphatic heterocycles. The maximum atomic E-state index is 12.0. The van der Waals surface area contributed by atoms with Crippen molar-refractivity contribution < 1.29 is 4.79 Å². The van der Waals surface area contributed by atoms with Crippen LogP contribution in [0.3, 0.4) is 0 Å². The predicted octanol–water partition coefficient (Wildman–Crippen LogP) is 3.15. The Morgan fingerprint density at radius 3 is 2.62 bits per heavy atom. The molecule has 1 aromatic rings. The van der Waals surface area contributed by atoms with Crippen molar-refractivity contribution in [1.82, 2.24) is 10.9 Å². The van der Waals surface area contributed by atoms with Crippen molar-refractivity contribution in [3.63, 3.8) is 0 Å². The lowest BCUT2D eigenvalue weighted by Gasteiger charge is -2.21. The summed E-state index contributed by atoms with van der Waals surface area (Å²) in [6, 6.07) is 8.01. The Bertz CT molecular complexity index is 498. The second kappa shape index (κ2) is 7.98. The van der Waals surface area contributed by atoms with Crippen LogP contribution < -0.4 is 16.2 Å².